The van der Waals surface area contributed by atoms with Crippen LogP contribution in [-0.2, 0) is 11.8 Å². The molecule has 22 heavy (non-hydrogen) atoms. The molecule has 2 unspecified atom stereocenters. The minimum Gasteiger partial charge on any atom is -0.385 e. The molecule has 2 atom stereocenters. The van der Waals surface area contributed by atoms with Crippen LogP contribution in [0.15, 0.2) is 18.2 Å². The number of fused-ring (bicyclic) bond motifs is 2. The topological polar surface area (TPSA) is 47.3 Å². The summed E-state index contributed by atoms with van der Waals surface area (Å²) in [5, 5.41) is 20.2. The van der Waals surface area contributed by atoms with Crippen molar-refractivity contribution in [1.29, 1.82) is 5.26 Å². The fourth-order valence-electron chi connectivity index (χ4n) is 3.88. The van der Waals surface area contributed by atoms with E-state index in [9.17, 15) is 23.5 Å². The zero-order valence-electron chi connectivity index (χ0n) is 12.2. The van der Waals surface area contributed by atoms with Crippen molar-refractivity contribution in [3.63, 3.8) is 0 Å². The molecule has 0 amide bonds. The summed E-state index contributed by atoms with van der Waals surface area (Å²) in [6.07, 6.45) is -1.61. The largest absolute Gasteiger partial charge is 0.416 e. The number of halogens is 3. The molecule has 2 aliphatic rings. The molecule has 1 aromatic carbocycles. The normalized spacial score (nSPS) is 32.0. The van der Waals surface area contributed by atoms with E-state index in [0.717, 1.165) is 25.0 Å². The van der Waals surface area contributed by atoms with E-state index >= 15 is 0 Å². The van der Waals surface area contributed by atoms with Crippen LogP contribution in [0.4, 0.5) is 13.2 Å². The highest BCUT2D eigenvalue weighted by molar-refractivity contribution is 5.45. The first-order chi connectivity index (χ1) is 10.2. The maximum absolute atomic E-state index is 12.8. The molecule has 2 bridgehead atoms. The molecule has 118 valence electrons. The van der Waals surface area contributed by atoms with Crippen molar-refractivity contribution in [2.45, 2.75) is 49.5 Å². The first-order valence-electron chi connectivity index (χ1n) is 7.31. The van der Waals surface area contributed by atoms with E-state index in [2.05, 4.69) is 4.90 Å². The number of piperidine rings is 1. The molecule has 2 fully saturated rings. The monoisotopic (exact) mass is 310 g/mol. The molecule has 0 radical (unpaired) electrons. The Morgan fingerprint density at radius 1 is 1.27 bits per heavy atom. The number of nitriles is 1. The third-order valence-corrected chi connectivity index (χ3v) is 5.10. The third-order valence-electron chi connectivity index (χ3n) is 5.10. The highest BCUT2D eigenvalue weighted by Crippen LogP contribution is 2.46. The first-order valence-corrected chi connectivity index (χ1v) is 7.31. The van der Waals surface area contributed by atoms with Crippen LogP contribution < -0.4 is 0 Å². The molecule has 0 spiro atoms. The van der Waals surface area contributed by atoms with E-state index in [1.54, 1.807) is 0 Å². The summed E-state index contributed by atoms with van der Waals surface area (Å²) >= 11 is 0. The average Bonchev–Trinajstić information content (AvgIpc) is 2.69. The molecular formula is C16H17F3N2O. The second kappa shape index (κ2) is 4.97. The van der Waals surface area contributed by atoms with E-state index in [1.807, 2.05) is 13.1 Å². The van der Waals surface area contributed by atoms with Gasteiger partial charge in [0.25, 0.3) is 0 Å². The van der Waals surface area contributed by atoms with Gasteiger partial charge in [-0.2, -0.15) is 18.4 Å². The van der Waals surface area contributed by atoms with Crippen molar-refractivity contribution in [3.8, 4) is 6.07 Å². The molecule has 3 rings (SSSR count). The summed E-state index contributed by atoms with van der Waals surface area (Å²) in [7, 11) is 2.01. The second-order valence-corrected chi connectivity index (χ2v) is 6.36. The van der Waals surface area contributed by atoms with Crippen molar-refractivity contribution in [1.82, 2.24) is 4.90 Å². The van der Waals surface area contributed by atoms with Crippen molar-refractivity contribution in [3.05, 3.63) is 34.9 Å². The Morgan fingerprint density at radius 2 is 1.86 bits per heavy atom. The predicted octanol–water partition coefficient (Wildman–Crippen LogP) is 3.02. The molecule has 1 aromatic rings. The number of nitrogens with zero attached hydrogens (tertiary/aromatic N) is 2. The minimum atomic E-state index is -4.49. The van der Waals surface area contributed by atoms with Gasteiger partial charge in [-0.1, -0.05) is 6.07 Å². The third kappa shape index (κ3) is 2.38. The van der Waals surface area contributed by atoms with E-state index < -0.39 is 17.3 Å². The number of aliphatic hydroxyl groups is 1. The van der Waals surface area contributed by atoms with Gasteiger partial charge >= 0.3 is 6.18 Å². The van der Waals surface area contributed by atoms with Gasteiger partial charge in [0, 0.05) is 17.6 Å². The maximum Gasteiger partial charge on any atom is 0.416 e. The standard InChI is InChI=1S/C16H17F3N2O/c1-21-12-3-4-13(21)8-15(22,7-12)14-5-2-11(16(17,18)19)6-10(14)9-20/h2,5-6,12-13,22H,3-4,7-8H2,1H3. The summed E-state index contributed by atoms with van der Waals surface area (Å²) in [5.74, 6) is 0. The lowest BCUT2D eigenvalue weighted by atomic mass is 9.78. The maximum atomic E-state index is 12.8. The predicted molar refractivity (Wildman–Crippen MR) is 73.9 cm³/mol. The lowest BCUT2D eigenvalue weighted by Gasteiger charge is -2.42. The summed E-state index contributed by atoms with van der Waals surface area (Å²) in [6, 6.07) is 5.32. The quantitative estimate of drug-likeness (QED) is 0.867. The zero-order chi connectivity index (χ0) is 16.1. The van der Waals surface area contributed by atoms with Crippen molar-refractivity contribution < 1.29 is 18.3 Å². The van der Waals surface area contributed by atoms with Gasteiger partial charge in [-0.15, -0.1) is 0 Å². The fourth-order valence-corrected chi connectivity index (χ4v) is 3.88. The van der Waals surface area contributed by atoms with E-state index in [-0.39, 0.29) is 17.6 Å². The van der Waals surface area contributed by atoms with Crippen LogP contribution in [0.2, 0.25) is 0 Å². The average molecular weight is 310 g/mol. The summed E-state index contributed by atoms with van der Waals surface area (Å²) in [6.45, 7) is 0. The molecule has 3 nitrogen and oxygen atoms in total. The van der Waals surface area contributed by atoms with Gasteiger partial charge in [-0.25, -0.2) is 0 Å². The summed E-state index contributed by atoms with van der Waals surface area (Å²) < 4.78 is 38.3. The Balaban J connectivity index is 2.00. The van der Waals surface area contributed by atoms with E-state index in [0.29, 0.717) is 18.4 Å². The lowest BCUT2D eigenvalue weighted by Crippen LogP contribution is -2.47. The molecule has 0 aliphatic carbocycles. The number of rotatable bonds is 1. The van der Waals surface area contributed by atoms with E-state index in [1.165, 1.54) is 6.07 Å². The van der Waals surface area contributed by atoms with Crippen molar-refractivity contribution in [2.24, 2.45) is 0 Å². The van der Waals surface area contributed by atoms with Crippen LogP contribution in [0.1, 0.15) is 42.4 Å². The number of hydrogen-bond acceptors (Lipinski definition) is 3. The summed E-state index contributed by atoms with van der Waals surface area (Å²) in [5.41, 5.74) is -1.82. The second-order valence-electron chi connectivity index (χ2n) is 6.36. The van der Waals surface area contributed by atoms with Crippen molar-refractivity contribution >= 4 is 0 Å². The van der Waals surface area contributed by atoms with Crippen LogP contribution in [-0.4, -0.2) is 29.1 Å². The Kier molecular flexibility index (Phi) is 3.46. The molecule has 2 saturated heterocycles. The highest BCUT2D eigenvalue weighted by atomic mass is 19.4. The first kappa shape index (κ1) is 15.3. The molecule has 1 N–H and O–H groups in total. The van der Waals surface area contributed by atoms with Crippen LogP contribution in [0.3, 0.4) is 0 Å². The Morgan fingerprint density at radius 3 is 2.36 bits per heavy atom. The minimum absolute atomic E-state index is 0.0821. The lowest BCUT2D eigenvalue weighted by molar-refractivity contribution is -0.137. The molecule has 0 saturated carbocycles. The van der Waals surface area contributed by atoms with Crippen LogP contribution in [0, 0.1) is 11.3 Å². The van der Waals surface area contributed by atoms with Gasteiger partial charge in [0.2, 0.25) is 0 Å². The number of hydrogen-bond donors (Lipinski definition) is 1. The van der Waals surface area contributed by atoms with Gasteiger partial charge in [0.1, 0.15) is 0 Å². The molecule has 6 heteroatoms. The Labute approximate surface area is 127 Å². The van der Waals surface area contributed by atoms with Gasteiger partial charge in [0.05, 0.1) is 22.8 Å². The Bertz CT molecular complexity index is 621. The van der Waals surface area contributed by atoms with E-state index in [4.69, 9.17) is 0 Å². The SMILES string of the molecule is CN1C2CCC1CC(O)(c1ccc(C(F)(F)F)cc1C#N)C2. The van der Waals surface area contributed by atoms with Crippen molar-refractivity contribution in [2.75, 3.05) is 7.05 Å². The van der Waals surface area contributed by atoms with Gasteiger partial charge in [0.15, 0.2) is 0 Å². The molecule has 2 heterocycles. The van der Waals surface area contributed by atoms with Gasteiger partial charge in [-0.05, 0) is 44.9 Å². The van der Waals surface area contributed by atoms with Crippen LogP contribution >= 0.6 is 0 Å². The Hall–Kier alpha value is -1.58. The summed E-state index contributed by atoms with van der Waals surface area (Å²) in [4.78, 5) is 2.23. The fraction of sp³-hybridized carbons (Fsp3) is 0.562. The number of alkyl halides is 3. The zero-order valence-corrected chi connectivity index (χ0v) is 12.2. The number of benzene rings is 1. The highest BCUT2D eigenvalue weighted by Gasteiger charge is 2.47. The smallest absolute Gasteiger partial charge is 0.385 e. The molecule has 2 aliphatic heterocycles. The van der Waals surface area contributed by atoms with Crippen LogP contribution in [0.5, 0.6) is 0 Å². The van der Waals surface area contributed by atoms with Gasteiger partial charge in [-0.3, -0.25) is 0 Å². The molecule has 0 aromatic heterocycles. The van der Waals surface area contributed by atoms with Gasteiger partial charge < -0.3 is 10.0 Å². The van der Waals surface area contributed by atoms with Crippen LogP contribution in [0.25, 0.3) is 0 Å². The molecular weight excluding hydrogens is 293 g/mol.